The topological polar surface area (TPSA) is 41.6 Å². The lowest BCUT2D eigenvalue weighted by atomic mass is 10.1. The second kappa shape index (κ2) is 11.3. The van der Waals surface area contributed by atoms with Crippen LogP contribution in [-0.2, 0) is 11.2 Å². The van der Waals surface area contributed by atoms with Gasteiger partial charge in [-0.2, -0.15) is 0 Å². The third kappa shape index (κ3) is 6.13. The normalized spacial score (nSPS) is 14.9. The van der Waals surface area contributed by atoms with Crippen LogP contribution in [0, 0.1) is 0 Å². The summed E-state index contributed by atoms with van der Waals surface area (Å²) in [5.41, 5.74) is 2.32. The molecule has 6 heteroatoms. The van der Waals surface area contributed by atoms with Gasteiger partial charge in [-0.1, -0.05) is 48.9 Å². The van der Waals surface area contributed by atoms with Gasteiger partial charge in [0.05, 0.1) is 6.04 Å². The van der Waals surface area contributed by atoms with Crippen LogP contribution in [-0.4, -0.2) is 37.0 Å². The minimum absolute atomic E-state index is 0. The summed E-state index contributed by atoms with van der Waals surface area (Å²) in [4.78, 5) is 14.7. The van der Waals surface area contributed by atoms with Gasteiger partial charge in [0.1, 0.15) is 5.75 Å². The van der Waals surface area contributed by atoms with Gasteiger partial charge < -0.3 is 10.1 Å². The Balaban J connectivity index is 0.00000280. The van der Waals surface area contributed by atoms with Gasteiger partial charge in [-0.3, -0.25) is 9.69 Å². The fraction of sp³-hybridized carbons (Fsp3) is 0.409. The van der Waals surface area contributed by atoms with Gasteiger partial charge in [-0.25, -0.2) is 0 Å². The minimum Gasteiger partial charge on any atom is -0.484 e. The predicted molar refractivity (Wildman–Crippen MR) is 117 cm³/mol. The Morgan fingerprint density at radius 3 is 2.46 bits per heavy atom. The van der Waals surface area contributed by atoms with Crippen molar-refractivity contribution >= 4 is 29.9 Å². The van der Waals surface area contributed by atoms with Crippen molar-refractivity contribution in [2.45, 2.75) is 32.2 Å². The summed E-state index contributed by atoms with van der Waals surface area (Å²) in [5.74, 6) is 0.593. The maximum Gasteiger partial charge on any atom is 0.258 e. The second-order valence-electron chi connectivity index (χ2n) is 6.87. The van der Waals surface area contributed by atoms with Crippen LogP contribution in [0.3, 0.4) is 0 Å². The van der Waals surface area contributed by atoms with E-state index in [0.717, 1.165) is 30.1 Å². The first-order valence-corrected chi connectivity index (χ1v) is 10.0. The van der Waals surface area contributed by atoms with Crippen molar-refractivity contribution in [1.82, 2.24) is 10.2 Å². The third-order valence-electron chi connectivity index (χ3n) is 5.04. The number of benzene rings is 2. The molecule has 0 saturated carbocycles. The lowest BCUT2D eigenvalue weighted by Crippen LogP contribution is -2.38. The zero-order valence-corrected chi connectivity index (χ0v) is 17.8. The first-order chi connectivity index (χ1) is 13.2. The van der Waals surface area contributed by atoms with Gasteiger partial charge in [0.15, 0.2) is 6.61 Å². The number of carbonyl (C=O) groups excluding carboxylic acids is 1. The van der Waals surface area contributed by atoms with Crippen LogP contribution in [0.25, 0.3) is 0 Å². The molecule has 2 aromatic carbocycles. The van der Waals surface area contributed by atoms with Crippen LogP contribution < -0.4 is 10.1 Å². The van der Waals surface area contributed by atoms with Crippen molar-refractivity contribution in [3.05, 3.63) is 64.7 Å². The fourth-order valence-corrected chi connectivity index (χ4v) is 3.73. The first-order valence-electron chi connectivity index (χ1n) is 9.64. The average molecular weight is 423 g/mol. The molecule has 0 radical (unpaired) electrons. The molecule has 1 amide bonds. The summed E-state index contributed by atoms with van der Waals surface area (Å²) in [7, 11) is 0. The highest BCUT2D eigenvalue weighted by molar-refractivity contribution is 6.31. The average Bonchev–Trinajstić information content (AvgIpc) is 3.23. The summed E-state index contributed by atoms with van der Waals surface area (Å²) >= 11 is 6.41. The number of amides is 1. The van der Waals surface area contributed by atoms with E-state index < -0.39 is 0 Å². The predicted octanol–water partition coefficient (Wildman–Crippen LogP) is 4.66. The van der Waals surface area contributed by atoms with E-state index in [9.17, 15) is 4.79 Å². The van der Waals surface area contributed by atoms with Gasteiger partial charge in [0, 0.05) is 11.6 Å². The number of ether oxygens (including phenoxy) is 1. The number of carbonyl (C=O) groups is 1. The zero-order chi connectivity index (χ0) is 19.1. The van der Waals surface area contributed by atoms with Gasteiger partial charge in [0.2, 0.25) is 0 Å². The number of nitrogens with one attached hydrogen (secondary N) is 1. The number of hydrogen-bond donors (Lipinski definition) is 1. The molecular formula is C22H28Cl2N2O2. The van der Waals surface area contributed by atoms with E-state index in [0.29, 0.717) is 12.3 Å². The molecule has 1 N–H and O–H groups in total. The molecule has 0 aromatic heterocycles. The van der Waals surface area contributed by atoms with Crippen LogP contribution in [0.1, 0.15) is 36.9 Å². The summed E-state index contributed by atoms with van der Waals surface area (Å²) in [6, 6.07) is 15.8. The summed E-state index contributed by atoms with van der Waals surface area (Å²) < 4.78 is 5.60. The van der Waals surface area contributed by atoms with E-state index in [-0.39, 0.29) is 31.0 Å². The SMILES string of the molecule is CCc1ccc(OCC(=O)NCC(c2ccccc2Cl)N2CCCC2)cc1.Cl. The molecule has 0 aliphatic carbocycles. The van der Waals surface area contributed by atoms with Crippen LogP contribution in [0.5, 0.6) is 5.75 Å². The molecule has 28 heavy (non-hydrogen) atoms. The van der Waals surface area contributed by atoms with Gasteiger partial charge in [-0.05, 0) is 61.7 Å². The zero-order valence-electron chi connectivity index (χ0n) is 16.2. The number of aryl methyl sites for hydroxylation is 1. The molecule has 3 rings (SSSR count). The maximum atomic E-state index is 12.3. The number of hydrogen-bond acceptors (Lipinski definition) is 3. The lowest BCUT2D eigenvalue weighted by Gasteiger charge is -2.29. The molecular weight excluding hydrogens is 395 g/mol. The molecule has 1 fully saturated rings. The van der Waals surface area contributed by atoms with Crippen LogP contribution in [0.2, 0.25) is 5.02 Å². The Morgan fingerprint density at radius 1 is 1.14 bits per heavy atom. The van der Waals surface area contributed by atoms with E-state index >= 15 is 0 Å². The van der Waals surface area contributed by atoms with Gasteiger partial charge >= 0.3 is 0 Å². The van der Waals surface area contributed by atoms with E-state index in [1.54, 1.807) is 0 Å². The molecule has 1 saturated heterocycles. The molecule has 1 heterocycles. The molecule has 0 bridgehead atoms. The Kier molecular flexibility index (Phi) is 9.10. The lowest BCUT2D eigenvalue weighted by molar-refractivity contribution is -0.123. The quantitative estimate of drug-likeness (QED) is 0.672. The van der Waals surface area contributed by atoms with E-state index in [1.807, 2.05) is 48.5 Å². The van der Waals surface area contributed by atoms with Crippen molar-refractivity contribution in [3.8, 4) is 5.75 Å². The van der Waals surface area contributed by atoms with Crippen molar-refractivity contribution in [2.75, 3.05) is 26.2 Å². The largest absolute Gasteiger partial charge is 0.484 e. The van der Waals surface area contributed by atoms with Crippen LogP contribution >= 0.6 is 24.0 Å². The summed E-state index contributed by atoms with van der Waals surface area (Å²) in [6.07, 6.45) is 3.36. The maximum absolute atomic E-state index is 12.3. The molecule has 1 atom stereocenters. The van der Waals surface area contributed by atoms with E-state index in [4.69, 9.17) is 16.3 Å². The molecule has 4 nitrogen and oxygen atoms in total. The Bertz CT molecular complexity index is 746. The number of rotatable bonds is 8. The second-order valence-corrected chi connectivity index (χ2v) is 7.28. The molecule has 0 spiro atoms. The van der Waals surface area contributed by atoms with Gasteiger partial charge in [0.25, 0.3) is 5.91 Å². The van der Waals surface area contributed by atoms with Crippen LogP contribution in [0.4, 0.5) is 0 Å². The summed E-state index contributed by atoms with van der Waals surface area (Å²) in [5, 5.41) is 3.76. The summed E-state index contributed by atoms with van der Waals surface area (Å²) in [6.45, 7) is 4.72. The number of halogens is 2. The first kappa shape index (κ1) is 22.5. The molecule has 152 valence electrons. The molecule has 1 aliphatic rings. The minimum atomic E-state index is -0.120. The monoisotopic (exact) mass is 422 g/mol. The van der Waals surface area contributed by atoms with Crippen LogP contribution in [0.15, 0.2) is 48.5 Å². The van der Waals surface area contributed by atoms with Crippen molar-refractivity contribution in [2.24, 2.45) is 0 Å². The highest BCUT2D eigenvalue weighted by Crippen LogP contribution is 2.29. The standard InChI is InChI=1S/C22H27ClN2O2.ClH/c1-2-17-9-11-18(12-10-17)27-16-22(26)24-15-21(25-13-5-6-14-25)19-7-3-4-8-20(19)23;/h3-4,7-12,21H,2,5-6,13-16H2,1H3,(H,24,26);1H. The van der Waals surface area contributed by atoms with E-state index in [1.165, 1.54) is 18.4 Å². The highest BCUT2D eigenvalue weighted by Gasteiger charge is 2.25. The number of likely N-dealkylation sites (tertiary alicyclic amines) is 1. The molecule has 1 aliphatic heterocycles. The van der Waals surface area contributed by atoms with Crippen molar-refractivity contribution in [3.63, 3.8) is 0 Å². The van der Waals surface area contributed by atoms with Gasteiger partial charge in [-0.15, -0.1) is 12.4 Å². The van der Waals surface area contributed by atoms with Crippen molar-refractivity contribution < 1.29 is 9.53 Å². The Labute approximate surface area is 178 Å². The molecule has 1 unspecified atom stereocenters. The highest BCUT2D eigenvalue weighted by atomic mass is 35.5. The Morgan fingerprint density at radius 2 is 1.82 bits per heavy atom. The fourth-order valence-electron chi connectivity index (χ4n) is 3.47. The van der Waals surface area contributed by atoms with E-state index in [2.05, 4.69) is 17.1 Å². The third-order valence-corrected chi connectivity index (χ3v) is 5.38. The van der Waals surface area contributed by atoms with Crippen molar-refractivity contribution in [1.29, 1.82) is 0 Å². The molecule has 2 aromatic rings. The number of nitrogens with zero attached hydrogens (tertiary/aromatic N) is 1. The smallest absolute Gasteiger partial charge is 0.258 e. The Hall–Kier alpha value is -1.75.